The number of hydrogen-bond acceptors (Lipinski definition) is 2. The molecular weight excluding hydrogens is 272 g/mol. The summed E-state index contributed by atoms with van der Waals surface area (Å²) in [6, 6.07) is 15.9. The van der Waals surface area contributed by atoms with Gasteiger partial charge in [0.1, 0.15) is 5.78 Å². The smallest absolute Gasteiger partial charge is 0.159 e. The van der Waals surface area contributed by atoms with Crippen molar-refractivity contribution < 1.29 is 9.59 Å². The average Bonchev–Trinajstić information content (AvgIpc) is 2.89. The summed E-state index contributed by atoms with van der Waals surface area (Å²) < 4.78 is 0. The molecule has 22 heavy (non-hydrogen) atoms. The molecule has 1 fully saturated rings. The van der Waals surface area contributed by atoms with Gasteiger partial charge in [-0.25, -0.2) is 0 Å². The van der Waals surface area contributed by atoms with Gasteiger partial charge in [-0.2, -0.15) is 0 Å². The Morgan fingerprint density at radius 1 is 1.05 bits per heavy atom. The summed E-state index contributed by atoms with van der Waals surface area (Å²) in [6.07, 6.45) is 1.43. The van der Waals surface area contributed by atoms with E-state index in [1.165, 1.54) is 11.1 Å². The summed E-state index contributed by atoms with van der Waals surface area (Å²) in [5.41, 5.74) is 4.14. The fraction of sp³-hybridized carbons (Fsp3) is 0.300. The Balaban J connectivity index is 1.86. The SMILES string of the molecule is CC(=O)c1cccc(C2CC(c3cccc(C)c3)CC2=O)c1. The highest BCUT2D eigenvalue weighted by molar-refractivity contribution is 5.95. The first-order valence-corrected chi connectivity index (χ1v) is 7.75. The largest absolute Gasteiger partial charge is 0.299 e. The van der Waals surface area contributed by atoms with E-state index in [1.54, 1.807) is 6.92 Å². The van der Waals surface area contributed by atoms with Gasteiger partial charge in [0.2, 0.25) is 0 Å². The van der Waals surface area contributed by atoms with E-state index in [2.05, 4.69) is 31.2 Å². The first-order valence-electron chi connectivity index (χ1n) is 7.75. The summed E-state index contributed by atoms with van der Waals surface area (Å²) in [5.74, 6) is 0.540. The van der Waals surface area contributed by atoms with Crippen molar-refractivity contribution in [2.24, 2.45) is 0 Å². The lowest BCUT2D eigenvalue weighted by atomic mass is 9.91. The van der Waals surface area contributed by atoms with Crippen LogP contribution in [0, 0.1) is 6.92 Å². The molecule has 2 heteroatoms. The van der Waals surface area contributed by atoms with Crippen molar-refractivity contribution in [3.05, 3.63) is 70.8 Å². The normalized spacial score (nSPS) is 21.1. The molecule has 1 aliphatic carbocycles. The van der Waals surface area contributed by atoms with Gasteiger partial charge < -0.3 is 0 Å². The van der Waals surface area contributed by atoms with E-state index in [4.69, 9.17) is 0 Å². The van der Waals surface area contributed by atoms with E-state index in [1.807, 2.05) is 24.3 Å². The van der Waals surface area contributed by atoms with Gasteiger partial charge in [-0.15, -0.1) is 0 Å². The molecule has 0 bridgehead atoms. The fourth-order valence-electron chi connectivity index (χ4n) is 3.36. The van der Waals surface area contributed by atoms with Crippen LogP contribution in [0.1, 0.15) is 58.6 Å². The number of Topliss-reactive ketones (excluding diaryl/α,β-unsaturated/α-hetero) is 2. The average molecular weight is 292 g/mol. The van der Waals surface area contributed by atoms with Gasteiger partial charge in [-0.1, -0.05) is 48.0 Å². The number of carbonyl (C=O) groups is 2. The molecule has 0 aliphatic heterocycles. The third-order valence-electron chi connectivity index (χ3n) is 4.57. The highest BCUT2D eigenvalue weighted by atomic mass is 16.1. The van der Waals surface area contributed by atoms with E-state index in [9.17, 15) is 9.59 Å². The number of benzene rings is 2. The van der Waals surface area contributed by atoms with Gasteiger partial charge in [0.05, 0.1) is 0 Å². The molecule has 2 atom stereocenters. The van der Waals surface area contributed by atoms with Gasteiger partial charge >= 0.3 is 0 Å². The van der Waals surface area contributed by atoms with Crippen molar-refractivity contribution >= 4 is 11.6 Å². The Hall–Kier alpha value is -2.22. The molecule has 1 saturated carbocycles. The van der Waals surface area contributed by atoms with Crippen molar-refractivity contribution in [3.63, 3.8) is 0 Å². The third-order valence-corrected chi connectivity index (χ3v) is 4.57. The van der Waals surface area contributed by atoms with E-state index in [0.717, 1.165) is 12.0 Å². The number of carbonyl (C=O) groups excluding carboxylic acids is 2. The summed E-state index contributed by atoms with van der Waals surface area (Å²) >= 11 is 0. The van der Waals surface area contributed by atoms with Crippen LogP contribution in [0.5, 0.6) is 0 Å². The van der Waals surface area contributed by atoms with Crippen LogP contribution >= 0.6 is 0 Å². The summed E-state index contributed by atoms with van der Waals surface area (Å²) in [7, 11) is 0. The topological polar surface area (TPSA) is 34.1 Å². The number of ketones is 2. The second-order valence-electron chi connectivity index (χ2n) is 6.25. The molecule has 0 radical (unpaired) electrons. The van der Waals surface area contributed by atoms with Crippen molar-refractivity contribution in [1.29, 1.82) is 0 Å². The molecule has 0 heterocycles. The first kappa shape index (κ1) is 14.7. The van der Waals surface area contributed by atoms with Crippen molar-refractivity contribution in [1.82, 2.24) is 0 Å². The lowest BCUT2D eigenvalue weighted by molar-refractivity contribution is -0.118. The zero-order valence-corrected chi connectivity index (χ0v) is 13.0. The molecule has 2 aromatic rings. The van der Waals surface area contributed by atoms with E-state index in [0.29, 0.717) is 17.9 Å². The number of hydrogen-bond donors (Lipinski definition) is 0. The molecule has 2 aromatic carbocycles. The maximum absolute atomic E-state index is 12.4. The quantitative estimate of drug-likeness (QED) is 0.784. The predicted octanol–water partition coefficient (Wildman–Crippen LogP) is 4.43. The molecule has 112 valence electrons. The lowest BCUT2D eigenvalue weighted by Gasteiger charge is -2.12. The zero-order valence-electron chi connectivity index (χ0n) is 13.0. The minimum absolute atomic E-state index is 0.0440. The van der Waals surface area contributed by atoms with Crippen LogP contribution in [-0.4, -0.2) is 11.6 Å². The highest BCUT2D eigenvalue weighted by Gasteiger charge is 2.34. The minimum atomic E-state index is -0.0789. The summed E-state index contributed by atoms with van der Waals surface area (Å²) in [6.45, 7) is 3.64. The van der Waals surface area contributed by atoms with E-state index in [-0.39, 0.29) is 17.5 Å². The van der Waals surface area contributed by atoms with Crippen molar-refractivity contribution in [2.75, 3.05) is 0 Å². The van der Waals surface area contributed by atoms with Crippen LogP contribution in [-0.2, 0) is 4.79 Å². The van der Waals surface area contributed by atoms with E-state index < -0.39 is 0 Å². The second kappa shape index (κ2) is 5.88. The predicted molar refractivity (Wildman–Crippen MR) is 87.3 cm³/mol. The van der Waals surface area contributed by atoms with Gasteiger partial charge in [0.15, 0.2) is 5.78 Å². The molecule has 0 aromatic heterocycles. The van der Waals surface area contributed by atoms with Crippen LogP contribution < -0.4 is 0 Å². The summed E-state index contributed by atoms with van der Waals surface area (Å²) in [4.78, 5) is 24.0. The van der Waals surface area contributed by atoms with E-state index >= 15 is 0 Å². The van der Waals surface area contributed by atoms with Gasteiger partial charge in [0.25, 0.3) is 0 Å². The van der Waals surface area contributed by atoms with Crippen molar-refractivity contribution in [3.8, 4) is 0 Å². The molecule has 0 spiro atoms. The lowest BCUT2D eigenvalue weighted by Crippen LogP contribution is -2.05. The van der Waals surface area contributed by atoms with Crippen LogP contribution in [0.3, 0.4) is 0 Å². The van der Waals surface area contributed by atoms with Crippen LogP contribution in [0.4, 0.5) is 0 Å². The Bertz CT molecular complexity index is 730. The Morgan fingerprint density at radius 2 is 1.77 bits per heavy atom. The highest BCUT2D eigenvalue weighted by Crippen LogP contribution is 2.41. The maximum Gasteiger partial charge on any atom is 0.159 e. The maximum atomic E-state index is 12.4. The molecule has 2 unspecified atom stereocenters. The van der Waals surface area contributed by atoms with Gasteiger partial charge in [0, 0.05) is 17.9 Å². The summed E-state index contributed by atoms with van der Waals surface area (Å²) in [5, 5.41) is 0. The zero-order chi connectivity index (χ0) is 15.7. The molecule has 0 N–H and O–H groups in total. The van der Waals surface area contributed by atoms with Crippen LogP contribution in [0.2, 0.25) is 0 Å². The van der Waals surface area contributed by atoms with Gasteiger partial charge in [-0.3, -0.25) is 9.59 Å². The van der Waals surface area contributed by atoms with Gasteiger partial charge in [-0.05, 0) is 43.4 Å². The third kappa shape index (κ3) is 2.87. The van der Waals surface area contributed by atoms with Crippen LogP contribution in [0.25, 0.3) is 0 Å². The molecule has 1 aliphatic rings. The Morgan fingerprint density at radius 3 is 2.50 bits per heavy atom. The molecule has 0 saturated heterocycles. The van der Waals surface area contributed by atoms with Crippen molar-refractivity contribution in [2.45, 2.75) is 38.5 Å². The minimum Gasteiger partial charge on any atom is -0.299 e. The van der Waals surface area contributed by atoms with Crippen LogP contribution in [0.15, 0.2) is 48.5 Å². The number of rotatable bonds is 3. The first-order chi connectivity index (χ1) is 10.5. The monoisotopic (exact) mass is 292 g/mol. The Kier molecular flexibility index (Phi) is 3.93. The molecule has 3 rings (SSSR count). The Labute approximate surface area is 131 Å². The standard InChI is InChI=1S/C20H20O2/c1-13-5-3-7-16(9-13)18-11-19(20(22)12-18)17-8-4-6-15(10-17)14(2)21/h3-10,18-19H,11-12H2,1-2H3. The number of aryl methyl sites for hydroxylation is 1. The molecular formula is C20H20O2. The molecule has 0 amide bonds. The molecule has 2 nitrogen and oxygen atoms in total. The second-order valence-corrected chi connectivity index (χ2v) is 6.25. The fourth-order valence-corrected chi connectivity index (χ4v) is 3.36.